The van der Waals surface area contributed by atoms with Gasteiger partial charge in [-0.2, -0.15) is 0 Å². The average molecular weight is 292 g/mol. The Morgan fingerprint density at radius 3 is 2.80 bits per heavy atom. The van der Waals surface area contributed by atoms with Gasteiger partial charge in [-0.25, -0.2) is 0 Å². The smallest absolute Gasteiger partial charge is 0.0308 e. The van der Waals surface area contributed by atoms with Crippen LogP contribution in [0.5, 0.6) is 0 Å². The van der Waals surface area contributed by atoms with Crippen LogP contribution in [0.15, 0.2) is 17.5 Å². The summed E-state index contributed by atoms with van der Waals surface area (Å²) in [5.41, 5.74) is 0.709. The number of thiophene rings is 1. The summed E-state index contributed by atoms with van der Waals surface area (Å²) < 4.78 is 0. The summed E-state index contributed by atoms with van der Waals surface area (Å²) in [7, 11) is 0. The van der Waals surface area contributed by atoms with Gasteiger partial charge >= 0.3 is 0 Å². The molecule has 2 nitrogen and oxygen atoms in total. The van der Waals surface area contributed by atoms with Gasteiger partial charge in [0.2, 0.25) is 0 Å². The molecule has 1 N–H and O–H groups in total. The van der Waals surface area contributed by atoms with Gasteiger partial charge in [0, 0.05) is 28.9 Å². The van der Waals surface area contributed by atoms with Crippen molar-refractivity contribution in [2.24, 2.45) is 0 Å². The van der Waals surface area contributed by atoms with E-state index in [1.165, 1.54) is 63.2 Å². The molecule has 1 aliphatic carbocycles. The highest BCUT2D eigenvalue weighted by Crippen LogP contribution is 2.34. The predicted molar refractivity (Wildman–Crippen MR) is 87.6 cm³/mol. The van der Waals surface area contributed by atoms with Crippen LogP contribution in [-0.2, 0) is 5.41 Å². The maximum atomic E-state index is 3.87. The van der Waals surface area contributed by atoms with Crippen LogP contribution in [0, 0.1) is 0 Å². The number of nitrogens with one attached hydrogen (secondary N) is 1. The third-order valence-corrected chi connectivity index (χ3v) is 6.28. The van der Waals surface area contributed by atoms with Gasteiger partial charge < -0.3 is 10.2 Å². The largest absolute Gasteiger partial charge is 0.310 e. The molecule has 3 rings (SSSR count). The predicted octanol–water partition coefficient (Wildman–Crippen LogP) is 3.63. The zero-order valence-electron chi connectivity index (χ0n) is 13.0. The standard InChI is InChI=1S/C17H28N2S/c1-16(2,15-7-5-12-20-15)13-19-11-6-10-18-17(14-19)8-3-4-9-17/h5,7,12,18H,3-4,6,8-11,13-14H2,1-2H3. The second-order valence-electron chi connectivity index (χ2n) is 7.34. The molecule has 1 spiro atoms. The van der Waals surface area contributed by atoms with Crippen molar-refractivity contribution in [2.45, 2.75) is 56.9 Å². The SMILES string of the molecule is CC(C)(CN1CCCNC2(CCCC2)C1)c1cccs1. The van der Waals surface area contributed by atoms with E-state index in [9.17, 15) is 0 Å². The van der Waals surface area contributed by atoms with Gasteiger partial charge in [-0.05, 0) is 43.8 Å². The highest BCUT2D eigenvalue weighted by Gasteiger charge is 2.37. The van der Waals surface area contributed by atoms with Crippen molar-refractivity contribution in [3.05, 3.63) is 22.4 Å². The third kappa shape index (κ3) is 3.10. The zero-order chi connectivity index (χ0) is 14.1. The second-order valence-corrected chi connectivity index (χ2v) is 8.29. The summed E-state index contributed by atoms with van der Waals surface area (Å²) in [6.45, 7) is 9.70. The van der Waals surface area contributed by atoms with Crippen LogP contribution in [-0.4, -0.2) is 36.6 Å². The molecule has 0 radical (unpaired) electrons. The molecule has 0 atom stereocenters. The van der Waals surface area contributed by atoms with E-state index >= 15 is 0 Å². The Morgan fingerprint density at radius 1 is 1.30 bits per heavy atom. The maximum Gasteiger partial charge on any atom is 0.0308 e. The third-order valence-electron chi connectivity index (χ3n) is 5.05. The van der Waals surface area contributed by atoms with E-state index in [-0.39, 0.29) is 5.41 Å². The highest BCUT2D eigenvalue weighted by molar-refractivity contribution is 7.10. The molecular formula is C17H28N2S. The van der Waals surface area contributed by atoms with Gasteiger partial charge in [0.05, 0.1) is 0 Å². The molecule has 2 heterocycles. The lowest BCUT2D eigenvalue weighted by molar-refractivity contribution is 0.181. The van der Waals surface area contributed by atoms with Crippen LogP contribution in [0.3, 0.4) is 0 Å². The van der Waals surface area contributed by atoms with Crippen molar-refractivity contribution in [1.29, 1.82) is 0 Å². The lowest BCUT2D eigenvalue weighted by Crippen LogP contribution is -2.51. The lowest BCUT2D eigenvalue weighted by atomic mass is 9.89. The minimum atomic E-state index is 0.276. The van der Waals surface area contributed by atoms with Gasteiger partial charge in [0.1, 0.15) is 0 Å². The van der Waals surface area contributed by atoms with Gasteiger partial charge in [0.15, 0.2) is 0 Å². The van der Waals surface area contributed by atoms with Crippen molar-refractivity contribution in [2.75, 3.05) is 26.2 Å². The first-order valence-electron chi connectivity index (χ1n) is 8.11. The molecule has 1 saturated heterocycles. The number of hydrogen-bond acceptors (Lipinski definition) is 3. The fourth-order valence-corrected chi connectivity index (χ4v) is 4.89. The Balaban J connectivity index is 1.69. The summed E-state index contributed by atoms with van der Waals surface area (Å²) in [6.07, 6.45) is 6.87. The maximum absolute atomic E-state index is 3.87. The summed E-state index contributed by atoms with van der Waals surface area (Å²) in [5, 5.41) is 6.08. The first kappa shape index (κ1) is 14.6. The Hall–Kier alpha value is -0.380. The molecule has 1 aromatic heterocycles. The molecule has 1 saturated carbocycles. The van der Waals surface area contributed by atoms with E-state index < -0.39 is 0 Å². The Bertz CT molecular complexity index is 418. The molecule has 1 aromatic rings. The van der Waals surface area contributed by atoms with Crippen molar-refractivity contribution < 1.29 is 0 Å². The van der Waals surface area contributed by atoms with E-state index in [0.29, 0.717) is 5.54 Å². The second kappa shape index (κ2) is 5.78. The van der Waals surface area contributed by atoms with Gasteiger partial charge in [-0.15, -0.1) is 11.3 Å². The molecule has 1 aliphatic heterocycles. The number of hydrogen-bond donors (Lipinski definition) is 1. The fraction of sp³-hybridized carbons (Fsp3) is 0.765. The van der Waals surface area contributed by atoms with Crippen LogP contribution >= 0.6 is 11.3 Å². The summed E-state index contributed by atoms with van der Waals surface area (Å²) in [5.74, 6) is 0. The molecule has 0 unspecified atom stereocenters. The van der Waals surface area contributed by atoms with E-state index in [0.717, 1.165) is 0 Å². The Morgan fingerprint density at radius 2 is 2.10 bits per heavy atom. The Kier molecular flexibility index (Phi) is 4.21. The van der Waals surface area contributed by atoms with Crippen LogP contribution in [0.4, 0.5) is 0 Å². The molecule has 0 bridgehead atoms. The van der Waals surface area contributed by atoms with E-state index in [2.05, 4.69) is 41.6 Å². The quantitative estimate of drug-likeness (QED) is 0.915. The van der Waals surface area contributed by atoms with Crippen molar-refractivity contribution in [3.63, 3.8) is 0 Å². The molecule has 2 aliphatic rings. The van der Waals surface area contributed by atoms with Crippen LogP contribution < -0.4 is 5.32 Å². The molecule has 0 amide bonds. The summed E-state index contributed by atoms with van der Waals surface area (Å²) in [6, 6.07) is 4.48. The van der Waals surface area contributed by atoms with Crippen molar-refractivity contribution in [1.82, 2.24) is 10.2 Å². The summed E-state index contributed by atoms with van der Waals surface area (Å²) >= 11 is 1.91. The number of nitrogens with zero attached hydrogens (tertiary/aromatic N) is 1. The first-order chi connectivity index (χ1) is 9.60. The lowest BCUT2D eigenvalue weighted by Gasteiger charge is -2.37. The molecule has 20 heavy (non-hydrogen) atoms. The zero-order valence-corrected chi connectivity index (χ0v) is 13.8. The normalized spacial score (nSPS) is 24.1. The molecule has 0 aromatic carbocycles. The monoisotopic (exact) mass is 292 g/mol. The van der Waals surface area contributed by atoms with Crippen LogP contribution in [0.2, 0.25) is 0 Å². The molecule has 3 heteroatoms. The van der Waals surface area contributed by atoms with Crippen molar-refractivity contribution in [3.8, 4) is 0 Å². The van der Waals surface area contributed by atoms with Gasteiger partial charge in [-0.1, -0.05) is 32.8 Å². The van der Waals surface area contributed by atoms with Crippen LogP contribution in [0.1, 0.15) is 50.8 Å². The molecule has 2 fully saturated rings. The Labute approximate surface area is 127 Å². The number of rotatable bonds is 3. The van der Waals surface area contributed by atoms with Gasteiger partial charge in [0.25, 0.3) is 0 Å². The topological polar surface area (TPSA) is 15.3 Å². The highest BCUT2D eigenvalue weighted by atomic mass is 32.1. The van der Waals surface area contributed by atoms with E-state index in [1.807, 2.05) is 11.3 Å². The minimum absolute atomic E-state index is 0.276. The van der Waals surface area contributed by atoms with Gasteiger partial charge in [-0.3, -0.25) is 0 Å². The average Bonchev–Trinajstić information content (AvgIpc) is 3.02. The van der Waals surface area contributed by atoms with E-state index in [4.69, 9.17) is 0 Å². The first-order valence-corrected chi connectivity index (χ1v) is 8.99. The van der Waals surface area contributed by atoms with E-state index in [1.54, 1.807) is 0 Å². The molecule has 112 valence electrons. The van der Waals surface area contributed by atoms with Crippen molar-refractivity contribution >= 4 is 11.3 Å². The summed E-state index contributed by atoms with van der Waals surface area (Å²) in [4.78, 5) is 4.25. The van der Waals surface area contributed by atoms with Crippen LogP contribution in [0.25, 0.3) is 0 Å². The fourth-order valence-electron chi connectivity index (χ4n) is 4.04. The molecular weight excluding hydrogens is 264 g/mol. The minimum Gasteiger partial charge on any atom is -0.310 e.